The lowest BCUT2D eigenvalue weighted by Crippen LogP contribution is -2.40. The molecule has 0 spiro atoms. The van der Waals surface area contributed by atoms with Crippen molar-refractivity contribution in [3.05, 3.63) is 58.4 Å². The van der Waals surface area contributed by atoms with Gasteiger partial charge >= 0.3 is 5.97 Å². The van der Waals surface area contributed by atoms with E-state index in [4.69, 9.17) is 16.3 Å². The minimum atomic E-state index is -0.375. The van der Waals surface area contributed by atoms with Crippen molar-refractivity contribution in [3.63, 3.8) is 0 Å². The number of aromatic nitrogens is 1. The van der Waals surface area contributed by atoms with E-state index in [0.29, 0.717) is 42.5 Å². The summed E-state index contributed by atoms with van der Waals surface area (Å²) in [5.74, 6) is -0.384. The summed E-state index contributed by atoms with van der Waals surface area (Å²) in [6, 6.07) is 9.07. The highest BCUT2D eigenvalue weighted by atomic mass is 35.5. The molecule has 8 heteroatoms. The number of rotatable bonds is 7. The molecule has 0 unspecified atom stereocenters. The van der Waals surface area contributed by atoms with Crippen molar-refractivity contribution in [2.45, 2.75) is 20.0 Å². The summed E-state index contributed by atoms with van der Waals surface area (Å²) in [5, 5.41) is 0.573. The van der Waals surface area contributed by atoms with Gasteiger partial charge in [-0.1, -0.05) is 23.7 Å². The molecule has 0 saturated heterocycles. The zero-order valence-corrected chi connectivity index (χ0v) is 18.4. The number of carbonyl (C=O) groups is 2. The topological polar surface area (TPSA) is 66.0 Å². The number of carbonyl (C=O) groups excluding carboxylic acids is 2. The summed E-state index contributed by atoms with van der Waals surface area (Å²) in [5.41, 5.74) is 2.94. The lowest BCUT2D eigenvalue weighted by atomic mass is 10.1. The van der Waals surface area contributed by atoms with Gasteiger partial charge in [-0.15, -0.1) is 0 Å². The number of halogens is 1. The monoisotopic (exact) mass is 430 g/mol. The zero-order chi connectivity index (χ0) is 21.7. The number of para-hydroxylation sites is 1. The smallest absolute Gasteiger partial charge is 0.338 e. The van der Waals surface area contributed by atoms with Crippen LogP contribution < -0.4 is 4.90 Å². The quantitative estimate of drug-likeness (QED) is 0.629. The number of fused-ring (bicyclic) bond motifs is 1. The molecule has 0 radical (unpaired) electrons. The molecule has 0 aliphatic carbocycles. The number of nitrogens with zero attached hydrogens (tertiary/aromatic N) is 4. The van der Waals surface area contributed by atoms with Gasteiger partial charge in [0.25, 0.3) is 0 Å². The normalized spacial score (nSPS) is 14.6. The van der Waals surface area contributed by atoms with Crippen LogP contribution in [0.5, 0.6) is 0 Å². The van der Waals surface area contributed by atoms with E-state index in [1.165, 1.54) is 0 Å². The van der Waals surface area contributed by atoms with Gasteiger partial charge in [0.05, 0.1) is 35.1 Å². The minimum absolute atomic E-state index is 0.00903. The largest absolute Gasteiger partial charge is 0.462 e. The lowest BCUT2D eigenvalue weighted by molar-refractivity contribution is -0.119. The number of hydrogen-bond acceptors (Lipinski definition) is 6. The third-order valence-corrected chi connectivity index (χ3v) is 5.18. The Morgan fingerprint density at radius 2 is 2.07 bits per heavy atom. The Kier molecular flexibility index (Phi) is 7.42. The molecule has 0 N–H and O–H groups in total. The molecule has 2 aromatic rings. The maximum absolute atomic E-state index is 13.1. The predicted octanol–water partition coefficient (Wildman–Crippen LogP) is 2.82. The average Bonchev–Trinajstić information content (AvgIpc) is 2.83. The first-order valence-corrected chi connectivity index (χ1v) is 10.3. The maximum Gasteiger partial charge on any atom is 0.338 e. The van der Waals surface area contributed by atoms with E-state index in [1.54, 1.807) is 30.2 Å². The van der Waals surface area contributed by atoms with E-state index >= 15 is 0 Å². The summed E-state index contributed by atoms with van der Waals surface area (Å²) in [4.78, 5) is 35.4. The minimum Gasteiger partial charge on any atom is -0.462 e. The second-order valence-electron chi connectivity index (χ2n) is 7.50. The molecule has 7 nitrogen and oxygen atoms in total. The van der Waals surface area contributed by atoms with Crippen molar-refractivity contribution in [2.75, 3.05) is 45.2 Å². The van der Waals surface area contributed by atoms with Crippen LogP contribution in [-0.4, -0.2) is 67.0 Å². The zero-order valence-electron chi connectivity index (χ0n) is 17.6. The van der Waals surface area contributed by atoms with Gasteiger partial charge in [-0.25, -0.2) is 4.79 Å². The van der Waals surface area contributed by atoms with Crippen LogP contribution in [0, 0.1) is 0 Å². The number of amides is 1. The second-order valence-corrected chi connectivity index (χ2v) is 7.90. The molecule has 1 aliphatic rings. The fourth-order valence-corrected chi connectivity index (χ4v) is 3.77. The van der Waals surface area contributed by atoms with Crippen molar-refractivity contribution in [1.29, 1.82) is 0 Å². The third kappa shape index (κ3) is 5.36. The first kappa shape index (κ1) is 22.2. The van der Waals surface area contributed by atoms with Crippen LogP contribution in [0.1, 0.15) is 28.5 Å². The second kappa shape index (κ2) is 10.0. The Morgan fingerprint density at radius 1 is 1.27 bits per heavy atom. The van der Waals surface area contributed by atoms with Gasteiger partial charge < -0.3 is 14.5 Å². The highest BCUT2D eigenvalue weighted by Crippen LogP contribution is 2.33. The molecule has 0 saturated carbocycles. The molecular formula is C22H27ClN4O3. The Labute approximate surface area is 182 Å². The molecule has 30 heavy (non-hydrogen) atoms. The first-order valence-electron chi connectivity index (χ1n) is 9.96. The van der Waals surface area contributed by atoms with Crippen LogP contribution in [0.25, 0.3) is 0 Å². The molecule has 1 aromatic heterocycles. The Morgan fingerprint density at radius 3 is 2.80 bits per heavy atom. The Hall–Kier alpha value is -2.48. The summed E-state index contributed by atoms with van der Waals surface area (Å²) in [6.07, 6.45) is 1.59. The number of ether oxygens (including phenoxy) is 1. The SMILES string of the molecule is CCOC(=O)c1ccnc(CN2CC(=O)N(CCN(C)C)c3c(Cl)cccc3C2)c1. The fraction of sp³-hybridized carbons (Fsp3) is 0.409. The average molecular weight is 431 g/mol. The lowest BCUT2D eigenvalue weighted by Gasteiger charge is -2.25. The Bertz CT molecular complexity index is 919. The fourth-order valence-electron chi connectivity index (χ4n) is 3.47. The first-order chi connectivity index (χ1) is 14.4. The van der Waals surface area contributed by atoms with Crippen molar-refractivity contribution in [3.8, 4) is 0 Å². The van der Waals surface area contributed by atoms with E-state index < -0.39 is 0 Å². The van der Waals surface area contributed by atoms with Crippen LogP contribution in [-0.2, 0) is 22.6 Å². The van der Waals surface area contributed by atoms with Gasteiger partial charge in [0.1, 0.15) is 0 Å². The number of pyridine rings is 1. The Balaban J connectivity index is 1.85. The van der Waals surface area contributed by atoms with Gasteiger partial charge in [-0.3, -0.25) is 14.7 Å². The number of anilines is 1. The van der Waals surface area contributed by atoms with Crippen molar-refractivity contribution < 1.29 is 14.3 Å². The van der Waals surface area contributed by atoms with Crippen LogP contribution in [0.3, 0.4) is 0 Å². The summed E-state index contributed by atoms with van der Waals surface area (Å²) in [6.45, 7) is 4.62. The van der Waals surface area contributed by atoms with Gasteiger partial charge in [-0.2, -0.15) is 0 Å². The molecule has 1 aliphatic heterocycles. The highest BCUT2D eigenvalue weighted by Gasteiger charge is 2.28. The predicted molar refractivity (Wildman–Crippen MR) is 117 cm³/mol. The van der Waals surface area contributed by atoms with Crippen LogP contribution >= 0.6 is 11.6 Å². The van der Waals surface area contributed by atoms with Crippen LogP contribution in [0.15, 0.2) is 36.5 Å². The van der Waals surface area contributed by atoms with E-state index in [0.717, 1.165) is 17.8 Å². The molecule has 3 rings (SSSR count). The van der Waals surface area contributed by atoms with E-state index in [9.17, 15) is 9.59 Å². The van der Waals surface area contributed by atoms with Gasteiger partial charge in [-0.05, 0) is 44.8 Å². The molecule has 2 heterocycles. The van der Waals surface area contributed by atoms with E-state index in [2.05, 4.69) is 4.98 Å². The molecule has 1 aromatic carbocycles. The van der Waals surface area contributed by atoms with Gasteiger partial charge in [0.15, 0.2) is 0 Å². The molecule has 160 valence electrons. The molecule has 0 bridgehead atoms. The summed E-state index contributed by atoms with van der Waals surface area (Å²) >= 11 is 6.49. The number of hydrogen-bond donors (Lipinski definition) is 0. The number of esters is 1. The van der Waals surface area contributed by atoms with Crippen LogP contribution in [0.2, 0.25) is 5.02 Å². The molecule has 0 atom stereocenters. The van der Waals surface area contributed by atoms with Gasteiger partial charge in [0.2, 0.25) is 5.91 Å². The number of likely N-dealkylation sites (N-methyl/N-ethyl adjacent to an activating group) is 1. The summed E-state index contributed by atoms with van der Waals surface area (Å²) < 4.78 is 5.07. The summed E-state index contributed by atoms with van der Waals surface area (Å²) in [7, 11) is 3.95. The van der Waals surface area contributed by atoms with Crippen molar-refractivity contribution in [2.24, 2.45) is 0 Å². The third-order valence-electron chi connectivity index (χ3n) is 4.88. The van der Waals surface area contributed by atoms with Crippen molar-refractivity contribution >= 4 is 29.2 Å². The van der Waals surface area contributed by atoms with Crippen molar-refractivity contribution in [1.82, 2.24) is 14.8 Å². The molecule has 0 fully saturated rings. The molecule has 1 amide bonds. The van der Waals surface area contributed by atoms with Gasteiger partial charge in [0, 0.05) is 32.4 Å². The van der Waals surface area contributed by atoms with E-state index in [-0.39, 0.29) is 18.4 Å². The maximum atomic E-state index is 13.1. The number of benzene rings is 1. The van der Waals surface area contributed by atoms with Crippen LogP contribution in [0.4, 0.5) is 5.69 Å². The highest BCUT2D eigenvalue weighted by molar-refractivity contribution is 6.34. The molecular weight excluding hydrogens is 404 g/mol. The van der Waals surface area contributed by atoms with E-state index in [1.807, 2.05) is 42.1 Å². The standard InChI is InChI=1S/C22H27ClN4O3/c1-4-30-22(29)16-8-9-24-18(12-16)14-26-13-17-6-5-7-19(23)21(17)27(20(28)15-26)11-10-25(2)3/h5-9,12H,4,10-11,13-15H2,1-3H3.